The molecular formula is C24H23F3N10O9S3. The number of β-lactam (4-membered cyclic amide) rings is 1. The molecule has 19 nitrogen and oxygen atoms in total. The Balaban J connectivity index is 1.30. The van der Waals surface area contributed by atoms with Crippen LogP contribution in [-0.4, -0.2) is 122 Å². The van der Waals surface area contributed by atoms with Crippen molar-refractivity contribution in [3.63, 3.8) is 0 Å². The molecule has 5 N–H and O–H groups in total. The predicted octanol–water partition coefficient (Wildman–Crippen LogP) is 0.739. The van der Waals surface area contributed by atoms with Crippen molar-refractivity contribution in [3.05, 3.63) is 22.3 Å². The molecule has 262 valence electrons. The standard InChI is InChI=1S/C24H23F3N10O9S3/c25-24(26,27)21(44)30-22-28-12(8-48-22)13(33-46-10-3-1-2-4-10)16(38)29-14-17(39)37-15(20(42)43)9(6-47-18(14)37)7-49-23-31-34-35-36(23)5-11(32-45)19(40)41/h8,10,14,18,45H,1-7H2,(H,29,38)(H,40,41)(H,42,43)(H,28,30,44)/t14?,18-/m1/s1. The zero-order valence-corrected chi connectivity index (χ0v) is 26.9. The summed E-state index contributed by atoms with van der Waals surface area (Å²) in [4.78, 5) is 71.9. The minimum atomic E-state index is -5.18. The number of hydrogen-bond donors (Lipinski definition) is 5. The summed E-state index contributed by atoms with van der Waals surface area (Å²) >= 11 is 2.68. The average molecular weight is 749 g/mol. The number of nitrogens with one attached hydrogen (secondary N) is 2. The van der Waals surface area contributed by atoms with Gasteiger partial charge in [0.25, 0.3) is 11.8 Å². The summed E-state index contributed by atoms with van der Waals surface area (Å²) in [5, 5.41) is 49.5. The van der Waals surface area contributed by atoms with E-state index >= 15 is 0 Å². The molecule has 1 aliphatic carbocycles. The van der Waals surface area contributed by atoms with Crippen LogP contribution < -0.4 is 10.6 Å². The minimum Gasteiger partial charge on any atom is -0.477 e. The zero-order valence-electron chi connectivity index (χ0n) is 24.5. The van der Waals surface area contributed by atoms with Gasteiger partial charge < -0.3 is 25.6 Å². The van der Waals surface area contributed by atoms with Gasteiger partial charge in [-0.25, -0.2) is 19.3 Å². The lowest BCUT2D eigenvalue weighted by atomic mass is 10.0. The van der Waals surface area contributed by atoms with Gasteiger partial charge in [-0.15, -0.1) is 28.2 Å². The number of anilines is 1. The minimum absolute atomic E-state index is 0.0342. The number of hydrogen-bond acceptors (Lipinski definition) is 16. The Morgan fingerprint density at radius 2 is 1.92 bits per heavy atom. The summed E-state index contributed by atoms with van der Waals surface area (Å²) < 4.78 is 39.2. The molecule has 25 heteroatoms. The summed E-state index contributed by atoms with van der Waals surface area (Å²) in [6.07, 6.45) is -2.49. The van der Waals surface area contributed by atoms with E-state index < -0.39 is 70.4 Å². The van der Waals surface area contributed by atoms with Gasteiger partial charge in [0.2, 0.25) is 5.16 Å². The number of carbonyl (C=O) groups is 5. The largest absolute Gasteiger partial charge is 0.477 e. The molecular weight excluding hydrogens is 726 g/mol. The topological polar surface area (TPSA) is 264 Å². The van der Waals surface area contributed by atoms with Crippen LogP contribution >= 0.6 is 34.9 Å². The van der Waals surface area contributed by atoms with Crippen molar-refractivity contribution in [1.82, 2.24) is 35.4 Å². The number of halogens is 3. The highest BCUT2D eigenvalue weighted by Crippen LogP contribution is 2.41. The molecule has 2 fully saturated rings. The smallest absolute Gasteiger partial charge is 0.471 e. The van der Waals surface area contributed by atoms with Crippen LogP contribution in [-0.2, 0) is 35.4 Å². The number of tetrazole rings is 1. The van der Waals surface area contributed by atoms with Gasteiger partial charge in [-0.1, -0.05) is 22.1 Å². The zero-order chi connectivity index (χ0) is 35.5. The molecule has 2 atom stereocenters. The number of aromatic nitrogens is 5. The molecule has 0 bridgehead atoms. The molecule has 1 saturated carbocycles. The van der Waals surface area contributed by atoms with E-state index in [9.17, 15) is 42.3 Å². The van der Waals surface area contributed by atoms with Crippen LogP contribution in [0.1, 0.15) is 31.4 Å². The van der Waals surface area contributed by atoms with Gasteiger partial charge in [0.15, 0.2) is 16.6 Å². The van der Waals surface area contributed by atoms with Crippen LogP contribution in [0.25, 0.3) is 0 Å². The highest BCUT2D eigenvalue weighted by Gasteiger charge is 2.54. The van der Waals surface area contributed by atoms with Crippen LogP contribution in [0.3, 0.4) is 0 Å². The second-order valence-electron chi connectivity index (χ2n) is 10.3. The first kappa shape index (κ1) is 35.5. The van der Waals surface area contributed by atoms with E-state index in [2.05, 4.69) is 36.1 Å². The van der Waals surface area contributed by atoms with Gasteiger partial charge in [0.05, 0.1) is 6.54 Å². The summed E-state index contributed by atoms with van der Waals surface area (Å²) in [6, 6.07) is -1.22. The van der Waals surface area contributed by atoms with Crippen molar-refractivity contribution >= 4 is 81.1 Å². The third-order valence-electron chi connectivity index (χ3n) is 7.11. The van der Waals surface area contributed by atoms with Crippen molar-refractivity contribution in [2.75, 3.05) is 16.8 Å². The van der Waals surface area contributed by atoms with E-state index in [1.54, 1.807) is 5.32 Å². The molecule has 0 spiro atoms. The second kappa shape index (κ2) is 14.8. The number of aliphatic carboxylic acids is 2. The van der Waals surface area contributed by atoms with Gasteiger partial charge in [-0.05, 0) is 41.7 Å². The van der Waals surface area contributed by atoms with Crippen molar-refractivity contribution in [2.45, 2.75) is 61.1 Å². The van der Waals surface area contributed by atoms with Crippen molar-refractivity contribution < 1.29 is 57.4 Å². The first-order chi connectivity index (χ1) is 23.3. The fraction of sp³-hybridized carbons (Fsp3) is 0.458. The number of carboxylic acids is 2. The lowest BCUT2D eigenvalue weighted by Crippen LogP contribution is -2.71. The molecule has 0 aromatic carbocycles. The highest BCUT2D eigenvalue weighted by molar-refractivity contribution is 8.01. The van der Waals surface area contributed by atoms with E-state index in [1.807, 2.05) is 0 Å². The number of thiazole rings is 1. The third kappa shape index (κ3) is 7.93. The predicted molar refractivity (Wildman–Crippen MR) is 162 cm³/mol. The number of oxime groups is 2. The maximum Gasteiger partial charge on any atom is 0.471 e. The second-order valence-corrected chi connectivity index (χ2v) is 13.2. The Hall–Kier alpha value is -4.78. The number of carboxylic acid groups (broad SMARTS) is 2. The molecule has 2 aromatic rings. The molecule has 4 heterocycles. The normalized spacial score (nSPS) is 20.1. The Morgan fingerprint density at radius 3 is 2.57 bits per heavy atom. The number of amides is 3. The molecule has 2 aliphatic heterocycles. The highest BCUT2D eigenvalue weighted by atomic mass is 32.2. The van der Waals surface area contributed by atoms with Gasteiger partial charge >= 0.3 is 24.0 Å². The third-order valence-corrected chi connectivity index (χ3v) is 10.3. The van der Waals surface area contributed by atoms with Crippen LogP contribution in [0.4, 0.5) is 18.3 Å². The average Bonchev–Trinajstić information content (AvgIpc) is 3.83. The summed E-state index contributed by atoms with van der Waals surface area (Å²) in [5.74, 6) is -6.89. The quantitative estimate of drug-likeness (QED) is 0.0622. The Labute approximate surface area is 284 Å². The Kier molecular flexibility index (Phi) is 10.7. The first-order valence-electron chi connectivity index (χ1n) is 13.9. The molecule has 5 rings (SSSR count). The molecule has 3 amide bonds. The van der Waals surface area contributed by atoms with E-state index in [4.69, 9.17) is 15.2 Å². The van der Waals surface area contributed by atoms with Crippen LogP contribution in [0.2, 0.25) is 0 Å². The van der Waals surface area contributed by atoms with Crippen LogP contribution in [0.5, 0.6) is 0 Å². The fourth-order valence-corrected chi connectivity index (χ4v) is 7.82. The molecule has 0 radical (unpaired) electrons. The summed E-state index contributed by atoms with van der Waals surface area (Å²) in [5.41, 5.74) is -1.40. The van der Waals surface area contributed by atoms with E-state index in [1.165, 1.54) is 5.38 Å². The van der Waals surface area contributed by atoms with Crippen molar-refractivity contribution in [3.8, 4) is 0 Å². The number of thioether (sulfide) groups is 2. The number of carbonyl (C=O) groups excluding carboxylic acids is 3. The van der Waals surface area contributed by atoms with Gasteiger partial charge in [0, 0.05) is 16.9 Å². The molecule has 1 saturated heterocycles. The lowest BCUT2D eigenvalue weighted by Gasteiger charge is -2.49. The van der Waals surface area contributed by atoms with E-state index in [-0.39, 0.29) is 34.2 Å². The van der Waals surface area contributed by atoms with Gasteiger partial charge in [-0.2, -0.15) is 13.2 Å². The summed E-state index contributed by atoms with van der Waals surface area (Å²) in [6.45, 7) is -0.490. The monoisotopic (exact) mass is 748 g/mol. The number of nitrogens with zero attached hydrogens (tertiary/aromatic N) is 8. The summed E-state index contributed by atoms with van der Waals surface area (Å²) in [7, 11) is 0. The number of alkyl halides is 3. The first-order valence-corrected chi connectivity index (χ1v) is 16.8. The Bertz CT molecular complexity index is 1760. The van der Waals surface area contributed by atoms with Gasteiger partial charge in [0.1, 0.15) is 28.9 Å². The van der Waals surface area contributed by atoms with Crippen LogP contribution in [0, 0.1) is 0 Å². The Morgan fingerprint density at radius 1 is 1.18 bits per heavy atom. The van der Waals surface area contributed by atoms with Crippen molar-refractivity contribution in [2.24, 2.45) is 10.3 Å². The van der Waals surface area contributed by atoms with Crippen LogP contribution in [0.15, 0.2) is 32.1 Å². The molecule has 3 aliphatic rings. The molecule has 49 heavy (non-hydrogen) atoms. The maximum absolute atomic E-state index is 13.4. The van der Waals surface area contributed by atoms with Gasteiger partial charge in [-0.3, -0.25) is 24.6 Å². The SMILES string of the molecule is O=C(O)C(Cn1nnnc1SCC1=C(C(=O)O)N2C(=O)C(NC(=O)C(=NOC3CCCC3)c3csc(NC(=O)C(F)(F)F)n3)[C@H]2SC1)=NO. The number of rotatable bonds is 13. The molecule has 2 aromatic heterocycles. The maximum atomic E-state index is 13.4. The fourth-order valence-electron chi connectivity index (χ4n) is 4.77. The molecule has 1 unspecified atom stereocenters. The number of fused-ring (bicyclic) bond motifs is 1. The van der Waals surface area contributed by atoms with E-state index in [0.29, 0.717) is 29.8 Å². The van der Waals surface area contributed by atoms with Crippen molar-refractivity contribution in [1.29, 1.82) is 0 Å². The van der Waals surface area contributed by atoms with E-state index in [0.717, 1.165) is 45.9 Å². The lowest BCUT2D eigenvalue weighted by molar-refractivity contribution is -0.167.